The lowest BCUT2D eigenvalue weighted by atomic mass is 10.1. The van der Waals surface area contributed by atoms with Crippen molar-refractivity contribution in [2.75, 3.05) is 6.79 Å². The van der Waals surface area contributed by atoms with E-state index >= 15 is 0 Å². The fourth-order valence-electron chi connectivity index (χ4n) is 2.23. The molecule has 114 valence electrons. The summed E-state index contributed by atoms with van der Waals surface area (Å²) in [6, 6.07) is 9.65. The molecular formula is C16H13ClO5. The van der Waals surface area contributed by atoms with E-state index in [-0.39, 0.29) is 24.7 Å². The maximum Gasteiger partial charge on any atom is 0.342 e. The fourth-order valence-corrected chi connectivity index (χ4v) is 2.49. The van der Waals surface area contributed by atoms with Crippen LogP contribution in [0.15, 0.2) is 36.4 Å². The smallest absolute Gasteiger partial charge is 0.342 e. The Morgan fingerprint density at radius 2 is 2.14 bits per heavy atom. The quantitative estimate of drug-likeness (QED) is 0.879. The Labute approximate surface area is 132 Å². The number of carbonyl (C=O) groups is 1. The van der Waals surface area contributed by atoms with Crippen LogP contribution in [0.25, 0.3) is 0 Å². The minimum atomic E-state index is -0.612. The van der Waals surface area contributed by atoms with Crippen LogP contribution in [0.5, 0.6) is 11.5 Å². The number of phenolic OH excluding ortho intramolecular Hbond substituents is 1. The molecule has 0 spiro atoms. The number of benzene rings is 2. The Hall–Kier alpha value is -2.24. The normalized spacial score (nSPS) is 13.1. The van der Waals surface area contributed by atoms with Crippen LogP contribution >= 0.6 is 11.6 Å². The minimum absolute atomic E-state index is 0.00391. The molecule has 1 heterocycles. The zero-order valence-electron chi connectivity index (χ0n) is 11.5. The van der Waals surface area contributed by atoms with Gasteiger partial charge in [0.25, 0.3) is 0 Å². The molecule has 1 N–H and O–H groups in total. The second kappa shape index (κ2) is 6.25. The van der Waals surface area contributed by atoms with E-state index in [9.17, 15) is 9.90 Å². The molecule has 1 aliphatic heterocycles. The van der Waals surface area contributed by atoms with E-state index in [1.807, 2.05) is 0 Å². The number of hydrogen-bond acceptors (Lipinski definition) is 5. The van der Waals surface area contributed by atoms with Gasteiger partial charge < -0.3 is 19.3 Å². The number of ether oxygens (including phenoxy) is 3. The van der Waals surface area contributed by atoms with Crippen LogP contribution in [-0.4, -0.2) is 17.9 Å². The Bertz CT molecular complexity index is 714. The van der Waals surface area contributed by atoms with E-state index in [1.54, 1.807) is 24.3 Å². The van der Waals surface area contributed by atoms with Crippen molar-refractivity contribution in [3.63, 3.8) is 0 Å². The van der Waals surface area contributed by atoms with Crippen molar-refractivity contribution in [3.8, 4) is 11.5 Å². The van der Waals surface area contributed by atoms with Crippen LogP contribution in [0.4, 0.5) is 0 Å². The van der Waals surface area contributed by atoms with Crippen molar-refractivity contribution in [2.45, 2.75) is 13.2 Å². The molecule has 0 saturated heterocycles. The third-order valence-corrected chi connectivity index (χ3v) is 3.45. The summed E-state index contributed by atoms with van der Waals surface area (Å²) in [6.45, 7) is 0.543. The van der Waals surface area contributed by atoms with Gasteiger partial charge in [0, 0.05) is 16.1 Å². The Morgan fingerprint density at radius 3 is 2.95 bits per heavy atom. The van der Waals surface area contributed by atoms with E-state index in [0.717, 1.165) is 5.56 Å². The minimum Gasteiger partial charge on any atom is -0.507 e. The summed E-state index contributed by atoms with van der Waals surface area (Å²) in [6.07, 6.45) is 0. The first-order valence-corrected chi connectivity index (χ1v) is 7.00. The van der Waals surface area contributed by atoms with Gasteiger partial charge in [-0.1, -0.05) is 23.7 Å². The average Bonchev–Trinajstić information content (AvgIpc) is 2.52. The molecule has 0 aliphatic carbocycles. The van der Waals surface area contributed by atoms with E-state index in [2.05, 4.69) is 0 Å². The van der Waals surface area contributed by atoms with Crippen LogP contribution < -0.4 is 4.74 Å². The van der Waals surface area contributed by atoms with Crippen LogP contribution in [0.1, 0.15) is 21.5 Å². The molecule has 1 aliphatic rings. The van der Waals surface area contributed by atoms with Crippen LogP contribution in [0.2, 0.25) is 5.02 Å². The van der Waals surface area contributed by atoms with Gasteiger partial charge in [-0.15, -0.1) is 0 Å². The first-order valence-electron chi connectivity index (χ1n) is 6.62. The monoisotopic (exact) mass is 320 g/mol. The number of para-hydroxylation sites is 1. The summed E-state index contributed by atoms with van der Waals surface area (Å²) in [5.41, 5.74) is 1.59. The van der Waals surface area contributed by atoms with Gasteiger partial charge in [-0.3, -0.25) is 0 Å². The van der Waals surface area contributed by atoms with Crippen molar-refractivity contribution >= 4 is 17.6 Å². The standard InChI is InChI=1S/C16H13ClO5/c17-12-5-10-7-20-9-22-15(10)11(6-12)8-21-16(19)13-3-1-2-4-14(13)18/h1-6,18H,7-9H2. The second-order valence-electron chi connectivity index (χ2n) is 4.76. The maximum absolute atomic E-state index is 12.0. The van der Waals surface area contributed by atoms with Crippen molar-refractivity contribution in [1.29, 1.82) is 0 Å². The van der Waals surface area contributed by atoms with Gasteiger partial charge in [0.2, 0.25) is 0 Å². The molecule has 0 radical (unpaired) electrons. The third kappa shape index (κ3) is 3.00. The molecule has 6 heteroatoms. The summed E-state index contributed by atoms with van der Waals surface area (Å²) >= 11 is 6.05. The van der Waals surface area contributed by atoms with Crippen molar-refractivity contribution < 1.29 is 24.1 Å². The Balaban J connectivity index is 1.78. The number of carbonyl (C=O) groups excluding carboxylic acids is 1. The van der Waals surface area contributed by atoms with Gasteiger partial charge in [-0.05, 0) is 24.3 Å². The lowest BCUT2D eigenvalue weighted by Gasteiger charge is -2.21. The fraction of sp³-hybridized carbons (Fsp3) is 0.188. The molecule has 5 nitrogen and oxygen atoms in total. The van der Waals surface area contributed by atoms with E-state index in [1.165, 1.54) is 12.1 Å². The molecule has 0 saturated carbocycles. The van der Waals surface area contributed by atoms with Crippen LogP contribution in [0, 0.1) is 0 Å². The SMILES string of the molecule is O=C(OCc1cc(Cl)cc2c1OCOC2)c1ccccc1O. The molecule has 0 amide bonds. The van der Waals surface area contributed by atoms with Crippen molar-refractivity contribution in [2.24, 2.45) is 0 Å². The van der Waals surface area contributed by atoms with Gasteiger partial charge in [-0.25, -0.2) is 4.79 Å². The number of phenols is 1. The topological polar surface area (TPSA) is 65.0 Å². The number of rotatable bonds is 3. The van der Waals surface area contributed by atoms with Crippen LogP contribution in [-0.2, 0) is 22.7 Å². The molecule has 0 bridgehead atoms. The number of esters is 1. The summed E-state index contributed by atoms with van der Waals surface area (Å²) < 4.78 is 15.9. The average molecular weight is 321 g/mol. The van der Waals surface area contributed by atoms with Gasteiger partial charge in [0.15, 0.2) is 6.79 Å². The van der Waals surface area contributed by atoms with Gasteiger partial charge in [0.05, 0.1) is 6.61 Å². The zero-order chi connectivity index (χ0) is 15.5. The number of fused-ring (bicyclic) bond motifs is 1. The van der Waals surface area contributed by atoms with E-state index in [4.69, 9.17) is 25.8 Å². The zero-order valence-corrected chi connectivity index (χ0v) is 12.3. The highest BCUT2D eigenvalue weighted by molar-refractivity contribution is 6.30. The highest BCUT2D eigenvalue weighted by Crippen LogP contribution is 2.32. The van der Waals surface area contributed by atoms with Gasteiger partial charge in [0.1, 0.15) is 23.7 Å². The molecule has 0 fully saturated rings. The first kappa shape index (κ1) is 14.7. The van der Waals surface area contributed by atoms with Crippen LogP contribution in [0.3, 0.4) is 0 Å². The van der Waals surface area contributed by atoms with E-state index in [0.29, 0.717) is 22.9 Å². The summed E-state index contributed by atoms with van der Waals surface area (Å²) in [4.78, 5) is 12.0. The van der Waals surface area contributed by atoms with Crippen molar-refractivity contribution in [3.05, 3.63) is 58.1 Å². The summed E-state index contributed by atoms with van der Waals surface area (Å²) in [5.74, 6) is -0.107. The largest absolute Gasteiger partial charge is 0.507 e. The Kier molecular flexibility index (Phi) is 4.18. The van der Waals surface area contributed by atoms with Gasteiger partial charge in [-0.2, -0.15) is 0 Å². The number of aromatic hydroxyl groups is 1. The summed E-state index contributed by atoms with van der Waals surface area (Å²) in [5, 5.41) is 10.2. The van der Waals surface area contributed by atoms with Crippen molar-refractivity contribution in [1.82, 2.24) is 0 Å². The highest BCUT2D eigenvalue weighted by atomic mass is 35.5. The lowest BCUT2D eigenvalue weighted by Crippen LogP contribution is -2.14. The molecule has 2 aromatic carbocycles. The summed E-state index contributed by atoms with van der Waals surface area (Å²) in [7, 11) is 0. The Morgan fingerprint density at radius 1 is 1.32 bits per heavy atom. The second-order valence-corrected chi connectivity index (χ2v) is 5.19. The third-order valence-electron chi connectivity index (χ3n) is 3.23. The lowest BCUT2D eigenvalue weighted by molar-refractivity contribution is -0.0180. The molecule has 0 atom stereocenters. The predicted octanol–water partition coefficient (Wildman–Crippen LogP) is 3.27. The molecular weight excluding hydrogens is 308 g/mol. The van der Waals surface area contributed by atoms with Gasteiger partial charge >= 0.3 is 5.97 Å². The first-order chi connectivity index (χ1) is 10.6. The molecule has 0 aromatic heterocycles. The molecule has 0 unspecified atom stereocenters. The molecule has 3 rings (SSSR count). The predicted molar refractivity (Wildman–Crippen MR) is 79.0 cm³/mol. The van der Waals surface area contributed by atoms with E-state index < -0.39 is 5.97 Å². The number of hydrogen-bond donors (Lipinski definition) is 1. The molecule has 22 heavy (non-hydrogen) atoms. The molecule has 2 aromatic rings. The number of halogens is 1. The highest BCUT2D eigenvalue weighted by Gasteiger charge is 2.18. The maximum atomic E-state index is 12.0.